The highest BCUT2D eigenvalue weighted by atomic mass is 127. The fourth-order valence-electron chi connectivity index (χ4n) is 3.51. The van der Waals surface area contributed by atoms with Crippen LogP contribution in [0.1, 0.15) is 25.0 Å². The number of carbonyl (C=O) groups excluding carboxylic acids is 1. The molecule has 1 aliphatic heterocycles. The van der Waals surface area contributed by atoms with Crippen molar-refractivity contribution < 1.29 is 4.79 Å². The summed E-state index contributed by atoms with van der Waals surface area (Å²) in [6, 6.07) is 5.97. The number of nitrogens with zero attached hydrogens (tertiary/aromatic N) is 4. The van der Waals surface area contributed by atoms with Crippen molar-refractivity contribution in [3.8, 4) is 0 Å². The zero-order chi connectivity index (χ0) is 18.9. The van der Waals surface area contributed by atoms with Gasteiger partial charge in [-0.25, -0.2) is 0 Å². The third-order valence-electron chi connectivity index (χ3n) is 5.48. The van der Waals surface area contributed by atoms with Gasteiger partial charge in [-0.3, -0.25) is 19.7 Å². The van der Waals surface area contributed by atoms with Crippen molar-refractivity contribution in [2.75, 3.05) is 52.9 Å². The average Bonchev–Trinajstić information content (AvgIpc) is 2.66. The van der Waals surface area contributed by atoms with Gasteiger partial charge in [0.25, 0.3) is 0 Å². The first-order valence-electron chi connectivity index (χ1n) is 10.1. The van der Waals surface area contributed by atoms with Crippen molar-refractivity contribution >= 4 is 35.8 Å². The number of pyridine rings is 1. The van der Waals surface area contributed by atoms with Crippen molar-refractivity contribution in [2.45, 2.75) is 25.7 Å². The van der Waals surface area contributed by atoms with Crippen molar-refractivity contribution in [1.82, 2.24) is 25.4 Å². The van der Waals surface area contributed by atoms with Gasteiger partial charge in [0.1, 0.15) is 0 Å². The summed E-state index contributed by atoms with van der Waals surface area (Å²) in [6.45, 7) is 6.28. The number of hydrogen-bond donors (Lipinski definition) is 2. The number of aliphatic imine (C=N–C) groups is 1. The molecule has 2 N–H and O–H groups in total. The third-order valence-corrected chi connectivity index (χ3v) is 5.48. The number of amides is 1. The normalized spacial score (nSPS) is 18.2. The lowest BCUT2D eigenvalue weighted by molar-refractivity contribution is -0.139. The molecule has 1 aromatic rings. The van der Waals surface area contributed by atoms with Crippen molar-refractivity contribution in [2.24, 2.45) is 10.9 Å². The van der Waals surface area contributed by atoms with E-state index in [1.807, 2.05) is 24.4 Å². The van der Waals surface area contributed by atoms with Crippen LogP contribution in [0.2, 0.25) is 0 Å². The fraction of sp³-hybridized carbons (Fsp3) is 0.650. The van der Waals surface area contributed by atoms with E-state index in [2.05, 4.69) is 30.4 Å². The lowest BCUT2D eigenvalue weighted by Crippen LogP contribution is -2.52. The van der Waals surface area contributed by atoms with Gasteiger partial charge in [0.15, 0.2) is 5.96 Å². The molecule has 0 aromatic carbocycles. The molecular formula is C20H33IN6O. The van der Waals surface area contributed by atoms with Crippen LogP contribution in [-0.4, -0.2) is 79.5 Å². The molecule has 28 heavy (non-hydrogen) atoms. The van der Waals surface area contributed by atoms with Crippen LogP contribution in [0.4, 0.5) is 0 Å². The molecule has 3 rings (SSSR count). The van der Waals surface area contributed by atoms with Gasteiger partial charge in [-0.1, -0.05) is 12.5 Å². The number of halogens is 1. The van der Waals surface area contributed by atoms with Crippen molar-refractivity contribution in [1.29, 1.82) is 0 Å². The van der Waals surface area contributed by atoms with Gasteiger partial charge < -0.3 is 15.5 Å². The topological polar surface area (TPSA) is 72.9 Å². The summed E-state index contributed by atoms with van der Waals surface area (Å²) in [6.07, 6.45) is 6.10. The molecule has 2 aliphatic rings. The number of nitrogens with one attached hydrogen (secondary N) is 2. The monoisotopic (exact) mass is 500 g/mol. The Morgan fingerprint density at radius 1 is 1.18 bits per heavy atom. The molecule has 7 nitrogen and oxygen atoms in total. The molecule has 0 bridgehead atoms. The van der Waals surface area contributed by atoms with Crippen LogP contribution in [0.5, 0.6) is 0 Å². The van der Waals surface area contributed by atoms with Gasteiger partial charge >= 0.3 is 0 Å². The van der Waals surface area contributed by atoms with E-state index in [1.54, 1.807) is 7.05 Å². The number of rotatable bonds is 7. The Bertz CT molecular complexity index is 614. The molecule has 156 valence electrons. The Labute approximate surface area is 185 Å². The fourth-order valence-corrected chi connectivity index (χ4v) is 3.51. The predicted molar refractivity (Wildman–Crippen MR) is 123 cm³/mol. The van der Waals surface area contributed by atoms with E-state index in [4.69, 9.17) is 0 Å². The molecule has 1 aromatic heterocycles. The maximum Gasteiger partial charge on any atom is 0.225 e. The highest BCUT2D eigenvalue weighted by Gasteiger charge is 2.30. The Hall–Kier alpha value is -1.42. The van der Waals surface area contributed by atoms with E-state index in [0.29, 0.717) is 11.8 Å². The van der Waals surface area contributed by atoms with E-state index in [-0.39, 0.29) is 24.0 Å². The first-order valence-corrected chi connectivity index (χ1v) is 10.1. The standard InChI is InChI=1S/C20H32N6O.HI/c1-21-20(23-10-8-18-7-2-3-9-22-18)24-11-12-25-13-15-26(16-14-25)19(27)17-5-4-6-17;/h2-3,7,9,17H,4-6,8,10-16H2,1H3,(H2,21,23,24);1H. The Balaban J connectivity index is 0.00000280. The SMILES string of the molecule is CN=C(NCCc1ccccn1)NCCN1CCN(C(=O)C2CCC2)CC1.I. The van der Waals surface area contributed by atoms with E-state index in [0.717, 1.165) is 76.7 Å². The number of carbonyl (C=O) groups is 1. The molecule has 1 amide bonds. The summed E-state index contributed by atoms with van der Waals surface area (Å²) in [5.41, 5.74) is 1.08. The quantitative estimate of drug-likeness (QED) is 0.336. The number of piperazine rings is 1. The number of aromatic nitrogens is 1. The number of guanidine groups is 1. The lowest BCUT2D eigenvalue weighted by atomic mass is 9.84. The minimum absolute atomic E-state index is 0. The second-order valence-electron chi connectivity index (χ2n) is 7.29. The highest BCUT2D eigenvalue weighted by molar-refractivity contribution is 14.0. The van der Waals surface area contributed by atoms with Crippen molar-refractivity contribution in [3.05, 3.63) is 30.1 Å². The van der Waals surface area contributed by atoms with E-state index >= 15 is 0 Å². The molecule has 1 saturated carbocycles. The molecule has 1 saturated heterocycles. The average molecular weight is 500 g/mol. The van der Waals surface area contributed by atoms with Gasteiger partial charge in [-0.05, 0) is 25.0 Å². The second-order valence-corrected chi connectivity index (χ2v) is 7.29. The van der Waals surface area contributed by atoms with Gasteiger partial charge in [0.05, 0.1) is 0 Å². The van der Waals surface area contributed by atoms with Crippen LogP contribution in [-0.2, 0) is 11.2 Å². The van der Waals surface area contributed by atoms with Crippen LogP contribution in [0, 0.1) is 5.92 Å². The van der Waals surface area contributed by atoms with E-state index in [9.17, 15) is 4.79 Å². The molecular weight excluding hydrogens is 467 g/mol. The lowest BCUT2D eigenvalue weighted by Gasteiger charge is -2.38. The van der Waals surface area contributed by atoms with Crippen LogP contribution in [0.15, 0.2) is 29.4 Å². The molecule has 2 heterocycles. The molecule has 1 aliphatic carbocycles. The molecule has 0 unspecified atom stereocenters. The van der Waals surface area contributed by atoms with E-state index < -0.39 is 0 Å². The Morgan fingerprint density at radius 2 is 1.93 bits per heavy atom. The van der Waals surface area contributed by atoms with Crippen LogP contribution in [0.25, 0.3) is 0 Å². The molecule has 0 spiro atoms. The summed E-state index contributed by atoms with van der Waals surface area (Å²) in [5.74, 6) is 1.53. The largest absolute Gasteiger partial charge is 0.356 e. The molecule has 2 fully saturated rings. The summed E-state index contributed by atoms with van der Waals surface area (Å²) >= 11 is 0. The van der Waals surface area contributed by atoms with Crippen LogP contribution in [0.3, 0.4) is 0 Å². The maximum atomic E-state index is 12.3. The summed E-state index contributed by atoms with van der Waals surface area (Å²) in [5, 5.41) is 6.70. The minimum atomic E-state index is 0. The third kappa shape index (κ3) is 6.88. The molecule has 0 radical (unpaired) electrons. The van der Waals surface area contributed by atoms with Gasteiger partial charge in [0.2, 0.25) is 5.91 Å². The Kier molecular flexibility index (Phi) is 9.97. The van der Waals surface area contributed by atoms with Crippen LogP contribution < -0.4 is 10.6 Å². The van der Waals surface area contributed by atoms with Gasteiger partial charge in [-0.2, -0.15) is 0 Å². The second kappa shape index (κ2) is 12.2. The van der Waals surface area contributed by atoms with Gasteiger partial charge in [-0.15, -0.1) is 24.0 Å². The first kappa shape index (κ1) is 22.9. The summed E-state index contributed by atoms with van der Waals surface area (Å²) in [7, 11) is 1.79. The molecule has 0 atom stereocenters. The maximum absolute atomic E-state index is 12.3. The van der Waals surface area contributed by atoms with E-state index in [1.165, 1.54) is 6.42 Å². The zero-order valence-corrected chi connectivity index (χ0v) is 19.1. The van der Waals surface area contributed by atoms with Gasteiger partial charge in [0, 0.05) is 77.1 Å². The summed E-state index contributed by atoms with van der Waals surface area (Å²) < 4.78 is 0. The minimum Gasteiger partial charge on any atom is -0.356 e. The highest BCUT2D eigenvalue weighted by Crippen LogP contribution is 2.28. The molecule has 8 heteroatoms. The smallest absolute Gasteiger partial charge is 0.225 e. The van der Waals surface area contributed by atoms with Crippen LogP contribution >= 0.6 is 24.0 Å². The first-order chi connectivity index (χ1) is 13.3. The number of hydrogen-bond acceptors (Lipinski definition) is 4. The predicted octanol–water partition coefficient (Wildman–Crippen LogP) is 1.35. The zero-order valence-electron chi connectivity index (χ0n) is 16.8. The van der Waals surface area contributed by atoms with Crippen molar-refractivity contribution in [3.63, 3.8) is 0 Å². The Morgan fingerprint density at radius 3 is 2.54 bits per heavy atom. The summed E-state index contributed by atoms with van der Waals surface area (Å²) in [4.78, 5) is 25.4.